The first-order valence-corrected chi connectivity index (χ1v) is 6.93. The monoisotopic (exact) mass is 305 g/mol. The van der Waals surface area contributed by atoms with Crippen molar-refractivity contribution in [2.24, 2.45) is 15.8 Å². The average molecular weight is 305 g/mol. The summed E-state index contributed by atoms with van der Waals surface area (Å²) in [4.78, 5) is 18.6. The Bertz CT molecular complexity index is 643. The number of aliphatic imine (C=N–C) groups is 1. The highest BCUT2D eigenvalue weighted by molar-refractivity contribution is 6.29. The standard InChI is InChI=1S/C7H12N4.C7H11N3O/c1-5(2)11-6(3)10-7(8)4-9-11;1-5(2)10-4-3-6(8)9-7(10)11/h4-5H,3H2,1-2H3,(H2,8,10);3-5H,1-2H3,(H2,8,9,11). The highest BCUT2D eigenvalue weighted by Crippen LogP contribution is 2.11. The number of rotatable bonds is 2. The lowest BCUT2D eigenvalue weighted by atomic mass is 10.4. The van der Waals surface area contributed by atoms with E-state index in [0.717, 1.165) is 0 Å². The SMILES string of the molecule is C=C1N=C(N)C=NN1C(C)C.CC(C)n1ccc(N)nc1=O. The van der Waals surface area contributed by atoms with Crippen LogP contribution in [0.4, 0.5) is 5.82 Å². The van der Waals surface area contributed by atoms with Gasteiger partial charge in [-0.3, -0.25) is 4.57 Å². The second kappa shape index (κ2) is 7.39. The molecule has 0 bridgehead atoms. The maximum Gasteiger partial charge on any atom is 0.349 e. The molecule has 8 nitrogen and oxygen atoms in total. The Hall–Kier alpha value is -2.64. The number of aromatic nitrogens is 2. The third kappa shape index (κ3) is 4.72. The summed E-state index contributed by atoms with van der Waals surface area (Å²) in [6.07, 6.45) is 3.17. The zero-order valence-electron chi connectivity index (χ0n) is 13.4. The zero-order chi connectivity index (χ0) is 16.9. The van der Waals surface area contributed by atoms with Crippen LogP contribution in [0.5, 0.6) is 0 Å². The van der Waals surface area contributed by atoms with Crippen LogP contribution in [0.15, 0.2) is 39.6 Å². The highest BCUT2D eigenvalue weighted by Gasteiger charge is 2.12. The molecule has 0 radical (unpaired) electrons. The third-order valence-corrected chi connectivity index (χ3v) is 2.73. The van der Waals surface area contributed by atoms with Crippen LogP contribution in [0.3, 0.4) is 0 Å². The molecule has 0 saturated heterocycles. The van der Waals surface area contributed by atoms with E-state index in [1.165, 1.54) is 10.8 Å². The Labute approximate surface area is 129 Å². The van der Waals surface area contributed by atoms with Crippen molar-refractivity contribution in [1.29, 1.82) is 0 Å². The van der Waals surface area contributed by atoms with Gasteiger partial charge < -0.3 is 11.5 Å². The van der Waals surface area contributed by atoms with E-state index in [2.05, 4.69) is 21.7 Å². The van der Waals surface area contributed by atoms with Crippen LogP contribution in [0.25, 0.3) is 0 Å². The maximum atomic E-state index is 11.1. The first-order chi connectivity index (χ1) is 10.2. The number of amidine groups is 1. The molecule has 2 rings (SSSR count). The van der Waals surface area contributed by atoms with Gasteiger partial charge in [0, 0.05) is 18.3 Å². The number of anilines is 1. The highest BCUT2D eigenvalue weighted by atomic mass is 16.1. The van der Waals surface area contributed by atoms with Crippen molar-refractivity contribution in [2.45, 2.75) is 39.8 Å². The molecule has 0 amide bonds. The van der Waals surface area contributed by atoms with Crippen LogP contribution < -0.4 is 17.2 Å². The summed E-state index contributed by atoms with van der Waals surface area (Å²) in [5.41, 5.74) is 10.4. The van der Waals surface area contributed by atoms with Crippen molar-refractivity contribution < 1.29 is 0 Å². The lowest BCUT2D eigenvalue weighted by Gasteiger charge is -2.24. The van der Waals surface area contributed by atoms with Crippen molar-refractivity contribution >= 4 is 17.9 Å². The molecule has 1 aliphatic rings. The summed E-state index contributed by atoms with van der Waals surface area (Å²) in [6, 6.07) is 2.02. The molecule has 120 valence electrons. The lowest BCUT2D eigenvalue weighted by Crippen LogP contribution is -2.30. The van der Waals surface area contributed by atoms with Gasteiger partial charge in [-0.2, -0.15) is 10.1 Å². The normalized spacial score (nSPS) is 14.0. The van der Waals surface area contributed by atoms with Gasteiger partial charge in [0.2, 0.25) is 0 Å². The molecule has 2 heterocycles. The smallest absolute Gasteiger partial charge is 0.349 e. The number of nitrogens with two attached hydrogens (primary N) is 2. The molecule has 0 aliphatic carbocycles. The second-order valence-electron chi connectivity index (χ2n) is 5.27. The summed E-state index contributed by atoms with van der Waals surface area (Å²) >= 11 is 0. The number of hydrazone groups is 1. The fraction of sp³-hybridized carbons (Fsp3) is 0.429. The van der Waals surface area contributed by atoms with Crippen LogP contribution >= 0.6 is 0 Å². The summed E-state index contributed by atoms with van der Waals surface area (Å²) in [6.45, 7) is 11.6. The Kier molecular flexibility index (Phi) is 5.85. The van der Waals surface area contributed by atoms with E-state index in [9.17, 15) is 4.79 Å². The van der Waals surface area contributed by atoms with Gasteiger partial charge in [-0.25, -0.2) is 14.8 Å². The first-order valence-electron chi connectivity index (χ1n) is 6.93. The molecule has 0 aromatic carbocycles. The molecule has 0 spiro atoms. The minimum atomic E-state index is -0.292. The van der Waals surface area contributed by atoms with Crippen molar-refractivity contribution in [3.63, 3.8) is 0 Å². The van der Waals surface area contributed by atoms with Gasteiger partial charge in [0.25, 0.3) is 0 Å². The maximum absolute atomic E-state index is 11.1. The molecule has 0 fully saturated rings. The summed E-state index contributed by atoms with van der Waals surface area (Å²) in [7, 11) is 0. The minimum absolute atomic E-state index is 0.135. The molecule has 1 aliphatic heterocycles. The molecule has 0 atom stereocenters. The molecule has 8 heteroatoms. The predicted molar refractivity (Wildman–Crippen MR) is 89.5 cm³/mol. The zero-order valence-corrected chi connectivity index (χ0v) is 13.4. The molecular weight excluding hydrogens is 282 g/mol. The van der Waals surface area contributed by atoms with E-state index < -0.39 is 0 Å². The minimum Gasteiger partial charge on any atom is -0.383 e. The Balaban J connectivity index is 0.000000220. The van der Waals surface area contributed by atoms with Crippen molar-refractivity contribution in [2.75, 3.05) is 5.73 Å². The number of hydrogen-bond acceptors (Lipinski definition) is 7. The fourth-order valence-electron chi connectivity index (χ4n) is 1.67. The van der Waals surface area contributed by atoms with Gasteiger partial charge in [0.05, 0.1) is 6.21 Å². The Morgan fingerprint density at radius 3 is 2.27 bits per heavy atom. The van der Waals surface area contributed by atoms with Crippen LogP contribution in [0, 0.1) is 0 Å². The van der Waals surface area contributed by atoms with Gasteiger partial charge in [0.1, 0.15) is 17.5 Å². The number of nitrogen functional groups attached to an aromatic ring is 1. The molecule has 0 unspecified atom stereocenters. The van der Waals surface area contributed by atoms with Gasteiger partial charge >= 0.3 is 5.69 Å². The van der Waals surface area contributed by atoms with E-state index in [1.54, 1.807) is 17.3 Å². The van der Waals surface area contributed by atoms with Gasteiger partial charge in [-0.05, 0) is 33.8 Å². The van der Waals surface area contributed by atoms with E-state index in [1.807, 2.05) is 27.7 Å². The van der Waals surface area contributed by atoms with E-state index in [-0.39, 0.29) is 23.6 Å². The quantitative estimate of drug-likeness (QED) is 0.843. The molecule has 4 N–H and O–H groups in total. The van der Waals surface area contributed by atoms with Crippen molar-refractivity contribution in [3.8, 4) is 0 Å². The molecule has 1 aromatic heterocycles. The van der Waals surface area contributed by atoms with E-state index in [0.29, 0.717) is 11.7 Å². The van der Waals surface area contributed by atoms with Crippen molar-refractivity contribution in [1.82, 2.24) is 14.6 Å². The lowest BCUT2D eigenvalue weighted by molar-refractivity contribution is 0.296. The second-order valence-corrected chi connectivity index (χ2v) is 5.27. The molecule has 22 heavy (non-hydrogen) atoms. The molecular formula is C14H23N7O. The average Bonchev–Trinajstić information content (AvgIpc) is 2.38. The first kappa shape index (κ1) is 17.4. The van der Waals surface area contributed by atoms with Crippen LogP contribution in [-0.4, -0.2) is 32.7 Å². The van der Waals surface area contributed by atoms with Gasteiger partial charge in [0.15, 0.2) is 0 Å². The van der Waals surface area contributed by atoms with Crippen LogP contribution in [-0.2, 0) is 0 Å². The summed E-state index contributed by atoms with van der Waals surface area (Å²) in [5.74, 6) is 1.28. The number of nitrogens with zero attached hydrogens (tertiary/aromatic N) is 5. The Morgan fingerprint density at radius 1 is 1.18 bits per heavy atom. The third-order valence-electron chi connectivity index (χ3n) is 2.73. The fourth-order valence-corrected chi connectivity index (χ4v) is 1.67. The molecule has 0 saturated carbocycles. The van der Waals surface area contributed by atoms with Crippen LogP contribution in [0.2, 0.25) is 0 Å². The molecule has 1 aromatic rings. The predicted octanol–water partition coefficient (Wildman–Crippen LogP) is 0.931. The largest absolute Gasteiger partial charge is 0.383 e. The van der Waals surface area contributed by atoms with Gasteiger partial charge in [-0.15, -0.1) is 0 Å². The van der Waals surface area contributed by atoms with Crippen LogP contribution in [0.1, 0.15) is 33.7 Å². The summed E-state index contributed by atoms with van der Waals surface area (Å²) in [5, 5.41) is 5.76. The van der Waals surface area contributed by atoms with E-state index >= 15 is 0 Å². The van der Waals surface area contributed by atoms with E-state index in [4.69, 9.17) is 11.5 Å². The topological polar surface area (TPSA) is 115 Å². The van der Waals surface area contributed by atoms with Crippen molar-refractivity contribution in [3.05, 3.63) is 35.1 Å². The summed E-state index contributed by atoms with van der Waals surface area (Å²) < 4.78 is 1.52. The Morgan fingerprint density at radius 2 is 1.82 bits per heavy atom. The van der Waals surface area contributed by atoms with Gasteiger partial charge in [-0.1, -0.05) is 6.58 Å². The number of hydrogen-bond donors (Lipinski definition) is 2.